The second-order valence-corrected chi connectivity index (χ2v) is 6.17. The molecule has 1 N–H and O–H groups in total. The number of hydrogen-bond acceptors (Lipinski definition) is 3. The monoisotopic (exact) mass is 240 g/mol. The van der Waals surface area contributed by atoms with E-state index in [1.165, 1.54) is 45.3 Å². The van der Waals surface area contributed by atoms with Gasteiger partial charge in [-0.05, 0) is 65.1 Å². The van der Waals surface area contributed by atoms with Crippen molar-refractivity contribution in [3.8, 4) is 0 Å². The van der Waals surface area contributed by atoms with E-state index in [0.717, 1.165) is 18.8 Å². The Morgan fingerprint density at radius 1 is 1.18 bits per heavy atom. The van der Waals surface area contributed by atoms with Crippen molar-refractivity contribution < 1.29 is 5.11 Å². The molecule has 100 valence electrons. The number of nitrogens with zero attached hydrogens (tertiary/aromatic N) is 2. The highest BCUT2D eigenvalue weighted by Crippen LogP contribution is 2.24. The molecule has 1 heterocycles. The van der Waals surface area contributed by atoms with Gasteiger partial charge in [0.1, 0.15) is 0 Å². The molecule has 0 aromatic rings. The average molecular weight is 240 g/mol. The van der Waals surface area contributed by atoms with E-state index in [-0.39, 0.29) is 6.10 Å². The Kier molecular flexibility index (Phi) is 4.83. The lowest BCUT2D eigenvalue weighted by atomic mass is 9.90. The smallest absolute Gasteiger partial charge is 0.0541 e. The molecule has 0 radical (unpaired) electrons. The van der Waals surface area contributed by atoms with Crippen LogP contribution in [0.4, 0.5) is 0 Å². The van der Waals surface area contributed by atoms with Crippen LogP contribution in [0.1, 0.15) is 38.5 Å². The third-order valence-corrected chi connectivity index (χ3v) is 4.56. The molecule has 2 fully saturated rings. The van der Waals surface area contributed by atoms with E-state index >= 15 is 0 Å². The van der Waals surface area contributed by atoms with Gasteiger partial charge in [0.2, 0.25) is 0 Å². The number of aliphatic hydroxyl groups excluding tert-OH is 1. The maximum absolute atomic E-state index is 9.54. The van der Waals surface area contributed by atoms with Crippen LogP contribution in [0, 0.1) is 5.92 Å². The zero-order valence-electron chi connectivity index (χ0n) is 11.4. The predicted molar refractivity (Wildman–Crippen MR) is 71.1 cm³/mol. The molecule has 1 aliphatic heterocycles. The Hall–Kier alpha value is -0.120. The third-order valence-electron chi connectivity index (χ3n) is 4.56. The molecule has 17 heavy (non-hydrogen) atoms. The summed E-state index contributed by atoms with van der Waals surface area (Å²) >= 11 is 0. The lowest BCUT2D eigenvalue weighted by molar-refractivity contribution is 0.0702. The van der Waals surface area contributed by atoms with Crippen molar-refractivity contribution in [3.05, 3.63) is 0 Å². The molecule has 3 heteroatoms. The van der Waals surface area contributed by atoms with Crippen molar-refractivity contribution in [1.82, 2.24) is 9.80 Å². The molecule has 0 amide bonds. The van der Waals surface area contributed by atoms with Crippen molar-refractivity contribution in [1.29, 1.82) is 0 Å². The lowest BCUT2D eigenvalue weighted by Crippen LogP contribution is -2.43. The van der Waals surface area contributed by atoms with Crippen LogP contribution in [0.5, 0.6) is 0 Å². The molecule has 0 spiro atoms. The molecule has 0 aromatic carbocycles. The van der Waals surface area contributed by atoms with Gasteiger partial charge in [-0.15, -0.1) is 0 Å². The predicted octanol–water partition coefficient (Wildman–Crippen LogP) is 1.56. The highest BCUT2D eigenvalue weighted by molar-refractivity contribution is 4.80. The SMILES string of the molecule is CN1CCCC(CN(C)C2CCC(O)CC2)C1. The first-order valence-electron chi connectivity index (χ1n) is 7.22. The van der Waals surface area contributed by atoms with Gasteiger partial charge in [-0.1, -0.05) is 0 Å². The van der Waals surface area contributed by atoms with Crippen molar-refractivity contribution in [2.24, 2.45) is 5.92 Å². The van der Waals surface area contributed by atoms with Gasteiger partial charge in [0.25, 0.3) is 0 Å². The minimum atomic E-state index is -0.0273. The van der Waals surface area contributed by atoms with Crippen LogP contribution in [-0.2, 0) is 0 Å². The Bertz CT molecular complexity index is 226. The molecule has 0 bridgehead atoms. The van der Waals surface area contributed by atoms with E-state index < -0.39 is 0 Å². The Balaban J connectivity index is 1.74. The van der Waals surface area contributed by atoms with Crippen molar-refractivity contribution in [2.45, 2.75) is 50.7 Å². The molecule has 2 aliphatic rings. The van der Waals surface area contributed by atoms with Crippen molar-refractivity contribution in [2.75, 3.05) is 33.7 Å². The van der Waals surface area contributed by atoms with Crippen LogP contribution >= 0.6 is 0 Å². The molecule has 1 unspecified atom stereocenters. The molecule has 1 atom stereocenters. The maximum atomic E-state index is 9.54. The fraction of sp³-hybridized carbons (Fsp3) is 1.00. The summed E-state index contributed by atoms with van der Waals surface area (Å²) in [7, 11) is 4.51. The Morgan fingerprint density at radius 3 is 2.53 bits per heavy atom. The topological polar surface area (TPSA) is 26.7 Å². The fourth-order valence-electron chi connectivity index (χ4n) is 3.48. The van der Waals surface area contributed by atoms with E-state index in [4.69, 9.17) is 0 Å². The van der Waals surface area contributed by atoms with Gasteiger partial charge in [-0.25, -0.2) is 0 Å². The van der Waals surface area contributed by atoms with Crippen molar-refractivity contribution >= 4 is 0 Å². The summed E-state index contributed by atoms with van der Waals surface area (Å²) in [5, 5.41) is 9.54. The largest absolute Gasteiger partial charge is 0.393 e. The zero-order chi connectivity index (χ0) is 12.3. The van der Waals surface area contributed by atoms with E-state index in [0.29, 0.717) is 6.04 Å². The van der Waals surface area contributed by atoms with E-state index in [1.54, 1.807) is 0 Å². The van der Waals surface area contributed by atoms with Gasteiger partial charge < -0.3 is 14.9 Å². The van der Waals surface area contributed by atoms with Gasteiger partial charge in [-0.3, -0.25) is 0 Å². The first-order chi connectivity index (χ1) is 8.15. The average Bonchev–Trinajstić information content (AvgIpc) is 2.29. The summed E-state index contributed by atoms with van der Waals surface area (Å²) in [5.74, 6) is 0.852. The standard InChI is InChI=1S/C14H28N2O/c1-15-9-3-4-12(10-15)11-16(2)13-5-7-14(17)8-6-13/h12-14,17H,3-11H2,1-2H3. The normalized spacial score (nSPS) is 36.4. The first kappa shape index (κ1) is 13.3. The lowest BCUT2D eigenvalue weighted by Gasteiger charge is -2.37. The van der Waals surface area contributed by atoms with E-state index in [1.807, 2.05) is 0 Å². The second kappa shape index (κ2) is 6.17. The van der Waals surface area contributed by atoms with Gasteiger partial charge in [0.15, 0.2) is 0 Å². The van der Waals surface area contributed by atoms with Crippen molar-refractivity contribution in [3.63, 3.8) is 0 Å². The summed E-state index contributed by atoms with van der Waals surface area (Å²) in [5.41, 5.74) is 0. The third kappa shape index (κ3) is 3.94. The number of piperidine rings is 1. The highest BCUT2D eigenvalue weighted by atomic mass is 16.3. The molecule has 0 aromatic heterocycles. The second-order valence-electron chi connectivity index (χ2n) is 6.17. The molecule has 2 rings (SSSR count). The first-order valence-corrected chi connectivity index (χ1v) is 7.22. The van der Waals surface area contributed by atoms with Crippen LogP contribution < -0.4 is 0 Å². The number of aliphatic hydroxyl groups is 1. The van der Waals surface area contributed by atoms with E-state index in [9.17, 15) is 5.11 Å². The molecule has 1 saturated heterocycles. The molecule has 1 saturated carbocycles. The zero-order valence-corrected chi connectivity index (χ0v) is 11.4. The van der Waals surface area contributed by atoms with E-state index in [2.05, 4.69) is 23.9 Å². The fourth-order valence-corrected chi connectivity index (χ4v) is 3.48. The van der Waals surface area contributed by atoms with Gasteiger partial charge >= 0.3 is 0 Å². The molecule has 3 nitrogen and oxygen atoms in total. The van der Waals surface area contributed by atoms with Gasteiger partial charge in [0, 0.05) is 19.1 Å². The minimum Gasteiger partial charge on any atom is -0.393 e. The van der Waals surface area contributed by atoms with Crippen LogP contribution in [-0.4, -0.2) is 60.8 Å². The number of rotatable bonds is 3. The van der Waals surface area contributed by atoms with Crippen LogP contribution in [0.25, 0.3) is 0 Å². The number of hydrogen-bond donors (Lipinski definition) is 1. The number of likely N-dealkylation sites (tertiary alicyclic amines) is 1. The molecule has 1 aliphatic carbocycles. The molecular formula is C14H28N2O. The van der Waals surface area contributed by atoms with Crippen LogP contribution in [0.15, 0.2) is 0 Å². The Labute approximate surface area is 106 Å². The Morgan fingerprint density at radius 2 is 1.88 bits per heavy atom. The maximum Gasteiger partial charge on any atom is 0.0541 e. The summed E-state index contributed by atoms with van der Waals surface area (Å²) < 4.78 is 0. The molecular weight excluding hydrogens is 212 g/mol. The van der Waals surface area contributed by atoms with Gasteiger partial charge in [0.05, 0.1) is 6.10 Å². The van der Waals surface area contributed by atoms with Crippen LogP contribution in [0.3, 0.4) is 0 Å². The summed E-state index contributed by atoms with van der Waals surface area (Å²) in [4.78, 5) is 5.02. The quantitative estimate of drug-likeness (QED) is 0.811. The van der Waals surface area contributed by atoms with Gasteiger partial charge in [-0.2, -0.15) is 0 Å². The summed E-state index contributed by atoms with van der Waals surface area (Å²) in [6.45, 7) is 3.78. The van der Waals surface area contributed by atoms with Crippen LogP contribution in [0.2, 0.25) is 0 Å². The highest BCUT2D eigenvalue weighted by Gasteiger charge is 2.25. The summed E-state index contributed by atoms with van der Waals surface area (Å²) in [6, 6.07) is 0.714. The minimum absolute atomic E-state index is 0.0273. The summed E-state index contributed by atoms with van der Waals surface area (Å²) in [6.07, 6.45) is 7.09.